The van der Waals surface area contributed by atoms with Crippen molar-refractivity contribution in [2.75, 3.05) is 11.9 Å². The van der Waals surface area contributed by atoms with Crippen LogP contribution in [0.15, 0.2) is 60.9 Å². The monoisotopic (exact) mass is 460 g/mol. The van der Waals surface area contributed by atoms with Crippen LogP contribution in [0.1, 0.15) is 27.0 Å². The molecule has 2 aromatic carbocycles. The summed E-state index contributed by atoms with van der Waals surface area (Å²) in [5, 5.41) is 14.3. The van der Waals surface area contributed by atoms with Crippen molar-refractivity contribution < 1.29 is 9.59 Å². The average Bonchev–Trinajstić information content (AvgIpc) is 3.32. The van der Waals surface area contributed by atoms with Gasteiger partial charge >= 0.3 is 6.03 Å². The summed E-state index contributed by atoms with van der Waals surface area (Å²) in [7, 11) is 0. The molecule has 2 aromatic heterocycles. The van der Waals surface area contributed by atoms with Gasteiger partial charge in [0.1, 0.15) is 0 Å². The van der Waals surface area contributed by atoms with Crippen LogP contribution in [0.4, 0.5) is 10.5 Å². The third-order valence-electron chi connectivity index (χ3n) is 5.68. The minimum absolute atomic E-state index is 0.218. The van der Waals surface area contributed by atoms with E-state index in [9.17, 15) is 9.59 Å². The predicted octanol–water partition coefficient (Wildman–Crippen LogP) is 4.13. The van der Waals surface area contributed by atoms with Crippen molar-refractivity contribution in [1.29, 1.82) is 0 Å². The lowest BCUT2D eigenvalue weighted by molar-refractivity contribution is 0.0951. The van der Waals surface area contributed by atoms with Crippen LogP contribution in [0.5, 0.6) is 0 Å². The molecule has 0 radical (unpaired) electrons. The number of aromatic amines is 1. The maximum absolute atomic E-state index is 12.9. The number of hydrogen-bond acceptors (Lipinski definition) is 4. The summed E-state index contributed by atoms with van der Waals surface area (Å²) in [6.07, 6.45) is 4.30. The lowest BCUT2D eigenvalue weighted by Gasteiger charge is -2.29. The molecule has 0 saturated heterocycles. The van der Waals surface area contributed by atoms with Gasteiger partial charge in [0.2, 0.25) is 0 Å². The largest absolute Gasteiger partial charge is 0.348 e. The Labute approximate surface area is 195 Å². The Balaban J connectivity index is 1.23. The topological polar surface area (TPSA) is 103 Å². The van der Waals surface area contributed by atoms with Gasteiger partial charge < -0.3 is 15.5 Å². The fourth-order valence-electron chi connectivity index (χ4n) is 4.00. The molecule has 0 saturated carbocycles. The zero-order valence-corrected chi connectivity index (χ0v) is 18.4. The first-order valence-corrected chi connectivity index (χ1v) is 10.9. The molecule has 9 heteroatoms. The van der Waals surface area contributed by atoms with E-state index in [1.165, 1.54) is 5.56 Å². The zero-order valence-electron chi connectivity index (χ0n) is 17.6. The highest BCUT2D eigenvalue weighted by atomic mass is 35.5. The summed E-state index contributed by atoms with van der Waals surface area (Å²) in [6.45, 7) is 1.42. The average molecular weight is 461 g/mol. The summed E-state index contributed by atoms with van der Waals surface area (Å²) < 4.78 is 0. The molecule has 1 aliphatic heterocycles. The maximum Gasteiger partial charge on any atom is 0.322 e. The second kappa shape index (κ2) is 8.91. The van der Waals surface area contributed by atoms with Gasteiger partial charge in [0.05, 0.1) is 6.20 Å². The zero-order chi connectivity index (χ0) is 22.8. The molecule has 0 fully saturated rings. The first-order chi connectivity index (χ1) is 16.1. The van der Waals surface area contributed by atoms with E-state index in [2.05, 4.69) is 25.8 Å². The first kappa shape index (κ1) is 21.0. The number of H-pyrrole nitrogens is 1. The Morgan fingerprint density at radius 1 is 1.12 bits per heavy atom. The number of anilines is 1. The van der Waals surface area contributed by atoms with E-state index in [1.54, 1.807) is 47.6 Å². The molecular weight excluding hydrogens is 440 g/mol. The lowest BCUT2D eigenvalue weighted by Crippen LogP contribution is -2.39. The van der Waals surface area contributed by atoms with Crippen molar-refractivity contribution in [3.8, 4) is 0 Å². The molecule has 0 bridgehead atoms. The van der Waals surface area contributed by atoms with Gasteiger partial charge in [0.15, 0.2) is 5.65 Å². The van der Waals surface area contributed by atoms with E-state index in [-0.39, 0.29) is 11.9 Å². The van der Waals surface area contributed by atoms with Crippen LogP contribution < -0.4 is 10.6 Å². The lowest BCUT2D eigenvalue weighted by atomic mass is 9.99. The van der Waals surface area contributed by atoms with Crippen LogP contribution >= 0.6 is 11.6 Å². The molecule has 0 atom stereocenters. The molecule has 5 rings (SSSR count). The van der Waals surface area contributed by atoms with E-state index in [4.69, 9.17) is 11.6 Å². The summed E-state index contributed by atoms with van der Waals surface area (Å²) in [6, 6.07) is 14.0. The number of carbonyl (C=O) groups excluding carboxylic acids is 2. The molecule has 8 nitrogen and oxygen atoms in total. The molecule has 0 aliphatic carbocycles. The highest BCUT2D eigenvalue weighted by molar-refractivity contribution is 6.30. The number of halogens is 1. The highest BCUT2D eigenvalue weighted by Crippen LogP contribution is 2.25. The van der Waals surface area contributed by atoms with Gasteiger partial charge in [0.25, 0.3) is 5.91 Å². The number of pyridine rings is 1. The van der Waals surface area contributed by atoms with E-state index in [0.717, 1.165) is 28.6 Å². The third-order valence-corrected chi connectivity index (χ3v) is 5.91. The number of nitrogens with zero attached hydrogens (tertiary/aromatic N) is 3. The van der Waals surface area contributed by atoms with E-state index >= 15 is 0 Å². The summed E-state index contributed by atoms with van der Waals surface area (Å²) in [5.74, 6) is -0.229. The Kier molecular flexibility index (Phi) is 5.66. The fraction of sp³-hybridized carbons (Fsp3) is 0.167. The molecule has 0 unspecified atom stereocenters. The number of fused-ring (bicyclic) bond motifs is 3. The van der Waals surface area contributed by atoms with Crippen molar-refractivity contribution >= 4 is 40.3 Å². The minimum Gasteiger partial charge on any atom is -0.348 e. The van der Waals surface area contributed by atoms with Gasteiger partial charge in [-0.3, -0.25) is 9.89 Å². The quantitative estimate of drug-likeness (QED) is 0.426. The summed E-state index contributed by atoms with van der Waals surface area (Å²) >= 11 is 5.99. The number of hydrogen-bond donors (Lipinski definition) is 3. The molecule has 1 aliphatic rings. The second-order valence-electron chi connectivity index (χ2n) is 7.89. The van der Waals surface area contributed by atoms with E-state index in [0.29, 0.717) is 35.9 Å². The number of amides is 3. The Morgan fingerprint density at radius 2 is 2.00 bits per heavy atom. The van der Waals surface area contributed by atoms with Gasteiger partial charge in [-0.15, -0.1) is 0 Å². The maximum atomic E-state index is 12.9. The van der Waals surface area contributed by atoms with Crippen LogP contribution in [-0.4, -0.2) is 38.6 Å². The van der Waals surface area contributed by atoms with Gasteiger partial charge in [-0.2, -0.15) is 5.10 Å². The standard InChI is InChI=1S/C24H21ClN6O2/c25-18-5-1-3-15(9-18)11-27-23(32)16-4-2-6-19(10-16)29-24(33)31-8-7-20-17(14-31)12-26-22-21(20)13-28-30-22/h1-6,9-10,12-13H,7-8,11,14H2,(H,27,32)(H,29,33)(H,26,28,30). The van der Waals surface area contributed by atoms with E-state index in [1.807, 2.05) is 18.2 Å². The second-order valence-corrected chi connectivity index (χ2v) is 8.33. The van der Waals surface area contributed by atoms with Crippen LogP contribution in [0.25, 0.3) is 11.0 Å². The number of aromatic nitrogens is 3. The molecule has 0 spiro atoms. The van der Waals surface area contributed by atoms with Crippen LogP contribution in [0, 0.1) is 0 Å². The van der Waals surface area contributed by atoms with Crippen molar-refractivity contribution in [3.63, 3.8) is 0 Å². The predicted molar refractivity (Wildman–Crippen MR) is 126 cm³/mol. The fourth-order valence-corrected chi connectivity index (χ4v) is 4.21. The van der Waals surface area contributed by atoms with Gasteiger partial charge in [-0.05, 0) is 53.4 Å². The summed E-state index contributed by atoms with van der Waals surface area (Å²) in [5.41, 5.74) is 4.88. The molecule has 3 heterocycles. The number of urea groups is 1. The molecule has 33 heavy (non-hydrogen) atoms. The van der Waals surface area contributed by atoms with Crippen LogP contribution in [0.3, 0.4) is 0 Å². The minimum atomic E-state index is -0.229. The molecule has 3 amide bonds. The molecule has 4 aromatic rings. The third kappa shape index (κ3) is 4.51. The molecule has 166 valence electrons. The Morgan fingerprint density at radius 3 is 2.88 bits per heavy atom. The SMILES string of the molecule is O=C(NCc1cccc(Cl)c1)c1cccc(NC(=O)N2CCc3c(cnc4[nH]ncc34)C2)c1. The Bertz CT molecular complexity index is 1350. The van der Waals surface area contributed by atoms with Crippen molar-refractivity contribution in [2.24, 2.45) is 0 Å². The number of benzene rings is 2. The normalized spacial score (nSPS) is 12.9. The van der Waals surface area contributed by atoms with Crippen molar-refractivity contribution in [1.82, 2.24) is 25.4 Å². The van der Waals surface area contributed by atoms with Crippen LogP contribution in [-0.2, 0) is 19.5 Å². The number of rotatable bonds is 4. The molecule has 3 N–H and O–H groups in total. The van der Waals surface area contributed by atoms with Gasteiger partial charge in [0, 0.05) is 47.5 Å². The first-order valence-electron chi connectivity index (χ1n) is 10.6. The number of carbonyl (C=O) groups is 2. The smallest absolute Gasteiger partial charge is 0.322 e. The van der Waals surface area contributed by atoms with E-state index < -0.39 is 0 Å². The summed E-state index contributed by atoms with van der Waals surface area (Å²) in [4.78, 5) is 31.6. The van der Waals surface area contributed by atoms with Gasteiger partial charge in [-0.1, -0.05) is 29.8 Å². The Hall–Kier alpha value is -3.91. The molecular formula is C24H21ClN6O2. The van der Waals surface area contributed by atoms with Crippen molar-refractivity contribution in [2.45, 2.75) is 19.5 Å². The van der Waals surface area contributed by atoms with Crippen LogP contribution in [0.2, 0.25) is 5.02 Å². The van der Waals surface area contributed by atoms with Crippen molar-refractivity contribution in [3.05, 3.63) is 88.2 Å². The number of nitrogens with one attached hydrogen (secondary N) is 3. The highest BCUT2D eigenvalue weighted by Gasteiger charge is 2.23. The van der Waals surface area contributed by atoms with Gasteiger partial charge in [-0.25, -0.2) is 9.78 Å².